The summed E-state index contributed by atoms with van der Waals surface area (Å²) in [6.45, 7) is 0.490. The van der Waals surface area contributed by atoms with E-state index < -0.39 is 19.1 Å². The van der Waals surface area contributed by atoms with Crippen LogP contribution in [0.15, 0.2) is 6.07 Å². The molecule has 0 aliphatic carbocycles. The molecule has 5 nitrogen and oxygen atoms in total. The summed E-state index contributed by atoms with van der Waals surface area (Å²) in [4.78, 5) is 7.85. The van der Waals surface area contributed by atoms with E-state index in [2.05, 4.69) is 15.3 Å². The molecule has 8 heteroatoms. The van der Waals surface area contributed by atoms with Crippen molar-refractivity contribution in [2.75, 3.05) is 25.1 Å². The van der Waals surface area contributed by atoms with Gasteiger partial charge in [0.25, 0.3) is 5.92 Å². The molecule has 0 unspecified atom stereocenters. The lowest BCUT2D eigenvalue weighted by molar-refractivity contribution is -0.0373. The first-order valence-corrected chi connectivity index (χ1v) is 5.68. The molecule has 0 amide bonds. The standard InChI is InChI=1S/C10H14ClF2N3O2/c1-2-18-4-9-15-7(11)3-8(16-9)14-5-10(12,13)6-17/h3,17H,2,4-6H2,1H3,(H,14,15,16). The minimum absolute atomic E-state index is 0.134. The van der Waals surface area contributed by atoms with Crippen molar-refractivity contribution >= 4 is 17.4 Å². The first-order valence-electron chi connectivity index (χ1n) is 5.30. The maximum Gasteiger partial charge on any atom is 0.287 e. The zero-order valence-corrected chi connectivity index (χ0v) is 10.5. The van der Waals surface area contributed by atoms with Crippen molar-refractivity contribution in [3.05, 3.63) is 17.0 Å². The van der Waals surface area contributed by atoms with E-state index >= 15 is 0 Å². The monoisotopic (exact) mass is 281 g/mol. The highest BCUT2D eigenvalue weighted by atomic mass is 35.5. The van der Waals surface area contributed by atoms with Crippen LogP contribution < -0.4 is 5.32 Å². The normalized spacial score (nSPS) is 11.6. The fraction of sp³-hybridized carbons (Fsp3) is 0.600. The van der Waals surface area contributed by atoms with E-state index in [1.807, 2.05) is 6.92 Å². The Kier molecular flexibility index (Phi) is 5.64. The van der Waals surface area contributed by atoms with Gasteiger partial charge in [-0.1, -0.05) is 11.6 Å². The highest BCUT2D eigenvalue weighted by Gasteiger charge is 2.27. The lowest BCUT2D eigenvalue weighted by Gasteiger charge is -2.14. The van der Waals surface area contributed by atoms with Gasteiger partial charge in [-0.2, -0.15) is 0 Å². The van der Waals surface area contributed by atoms with Crippen LogP contribution in [-0.4, -0.2) is 40.8 Å². The van der Waals surface area contributed by atoms with Gasteiger partial charge in [-0.15, -0.1) is 0 Å². The van der Waals surface area contributed by atoms with E-state index in [0.717, 1.165) is 0 Å². The molecule has 1 heterocycles. The first kappa shape index (κ1) is 15.0. The van der Waals surface area contributed by atoms with Crippen LogP contribution in [0.1, 0.15) is 12.7 Å². The van der Waals surface area contributed by atoms with Crippen molar-refractivity contribution < 1.29 is 18.6 Å². The minimum Gasteiger partial charge on any atom is -0.390 e. The average molecular weight is 282 g/mol. The molecular weight excluding hydrogens is 268 g/mol. The number of aromatic nitrogens is 2. The fourth-order valence-corrected chi connectivity index (χ4v) is 1.29. The van der Waals surface area contributed by atoms with Crippen molar-refractivity contribution in [2.45, 2.75) is 19.5 Å². The quantitative estimate of drug-likeness (QED) is 0.745. The first-order chi connectivity index (χ1) is 8.46. The van der Waals surface area contributed by atoms with Crippen molar-refractivity contribution in [2.24, 2.45) is 0 Å². The molecule has 2 N–H and O–H groups in total. The smallest absolute Gasteiger partial charge is 0.287 e. The molecule has 1 rings (SSSR count). The molecule has 1 aromatic rings. The van der Waals surface area contributed by atoms with Crippen LogP contribution >= 0.6 is 11.6 Å². The number of aliphatic hydroxyl groups excluding tert-OH is 1. The molecule has 0 saturated heterocycles. The lowest BCUT2D eigenvalue weighted by Crippen LogP contribution is -2.31. The van der Waals surface area contributed by atoms with E-state index in [-0.39, 0.29) is 17.6 Å². The summed E-state index contributed by atoms with van der Waals surface area (Å²) in [5.74, 6) is -2.74. The summed E-state index contributed by atoms with van der Waals surface area (Å²) in [7, 11) is 0. The minimum atomic E-state index is -3.21. The highest BCUT2D eigenvalue weighted by molar-refractivity contribution is 6.29. The highest BCUT2D eigenvalue weighted by Crippen LogP contribution is 2.16. The number of hydrogen-bond donors (Lipinski definition) is 2. The van der Waals surface area contributed by atoms with E-state index in [4.69, 9.17) is 21.4 Å². The maximum atomic E-state index is 12.8. The van der Waals surface area contributed by atoms with E-state index in [9.17, 15) is 8.78 Å². The molecule has 0 atom stereocenters. The molecule has 0 fully saturated rings. The number of nitrogens with one attached hydrogen (secondary N) is 1. The molecule has 0 aliphatic rings. The molecular formula is C10H14ClF2N3O2. The van der Waals surface area contributed by atoms with Gasteiger partial charge in [-0.05, 0) is 6.92 Å². The fourth-order valence-electron chi connectivity index (χ4n) is 1.09. The number of ether oxygens (including phenoxy) is 1. The van der Waals surface area contributed by atoms with Gasteiger partial charge in [-0.25, -0.2) is 18.7 Å². The van der Waals surface area contributed by atoms with E-state index in [1.165, 1.54) is 6.07 Å². The third-order valence-electron chi connectivity index (χ3n) is 1.94. The topological polar surface area (TPSA) is 67.3 Å². The largest absolute Gasteiger partial charge is 0.390 e. The molecule has 18 heavy (non-hydrogen) atoms. The van der Waals surface area contributed by atoms with Crippen LogP contribution in [0.5, 0.6) is 0 Å². The summed E-state index contributed by atoms with van der Waals surface area (Å²) < 4.78 is 30.8. The van der Waals surface area contributed by atoms with Gasteiger partial charge in [0.15, 0.2) is 5.82 Å². The second-order valence-electron chi connectivity index (χ2n) is 3.50. The van der Waals surface area contributed by atoms with Gasteiger partial charge in [-0.3, -0.25) is 0 Å². The predicted molar refractivity (Wildman–Crippen MR) is 62.9 cm³/mol. The predicted octanol–water partition coefficient (Wildman–Crippen LogP) is 1.71. The summed E-state index contributed by atoms with van der Waals surface area (Å²) in [6, 6.07) is 1.32. The molecule has 0 radical (unpaired) electrons. The molecule has 0 aromatic carbocycles. The summed E-state index contributed by atoms with van der Waals surface area (Å²) in [5, 5.41) is 11.0. The molecule has 102 valence electrons. The van der Waals surface area contributed by atoms with Crippen LogP contribution in [0, 0.1) is 0 Å². The summed E-state index contributed by atoms with van der Waals surface area (Å²) >= 11 is 5.73. The van der Waals surface area contributed by atoms with Crippen molar-refractivity contribution in [3.8, 4) is 0 Å². The van der Waals surface area contributed by atoms with Gasteiger partial charge in [0, 0.05) is 12.7 Å². The number of aliphatic hydroxyl groups is 1. The van der Waals surface area contributed by atoms with Gasteiger partial charge >= 0.3 is 0 Å². The second-order valence-corrected chi connectivity index (χ2v) is 3.88. The van der Waals surface area contributed by atoms with Gasteiger partial charge in [0.05, 0.1) is 6.54 Å². The van der Waals surface area contributed by atoms with Gasteiger partial charge < -0.3 is 15.2 Å². The van der Waals surface area contributed by atoms with Crippen LogP contribution in [0.3, 0.4) is 0 Å². The molecule has 0 spiro atoms. The van der Waals surface area contributed by atoms with Crippen LogP contribution in [0.2, 0.25) is 5.15 Å². The molecule has 1 aromatic heterocycles. The van der Waals surface area contributed by atoms with Gasteiger partial charge in [0.2, 0.25) is 0 Å². The number of rotatable bonds is 7. The summed E-state index contributed by atoms with van der Waals surface area (Å²) in [6.07, 6.45) is 0. The Hall–Kier alpha value is -1.05. The number of alkyl halides is 2. The number of nitrogens with zero attached hydrogens (tertiary/aromatic N) is 2. The molecule has 0 bridgehead atoms. The zero-order valence-electron chi connectivity index (χ0n) is 9.79. The van der Waals surface area contributed by atoms with E-state index in [1.54, 1.807) is 0 Å². The number of anilines is 1. The summed E-state index contributed by atoms with van der Waals surface area (Å²) in [5.41, 5.74) is 0. The third-order valence-corrected chi connectivity index (χ3v) is 2.13. The van der Waals surface area contributed by atoms with Gasteiger partial charge in [0.1, 0.15) is 24.2 Å². The zero-order chi connectivity index (χ0) is 13.6. The number of halogens is 3. The Bertz CT molecular complexity index is 393. The number of hydrogen-bond acceptors (Lipinski definition) is 5. The Balaban J connectivity index is 2.68. The maximum absolute atomic E-state index is 12.8. The Morgan fingerprint density at radius 1 is 1.50 bits per heavy atom. The van der Waals surface area contributed by atoms with Crippen molar-refractivity contribution in [1.29, 1.82) is 0 Å². The Labute approximate surface area is 108 Å². The van der Waals surface area contributed by atoms with Crippen molar-refractivity contribution in [3.63, 3.8) is 0 Å². The van der Waals surface area contributed by atoms with Crippen LogP contribution in [0.4, 0.5) is 14.6 Å². The Morgan fingerprint density at radius 3 is 2.83 bits per heavy atom. The van der Waals surface area contributed by atoms with Crippen LogP contribution in [0.25, 0.3) is 0 Å². The average Bonchev–Trinajstić information content (AvgIpc) is 2.33. The van der Waals surface area contributed by atoms with Crippen LogP contribution in [-0.2, 0) is 11.3 Å². The Morgan fingerprint density at radius 2 is 2.22 bits per heavy atom. The lowest BCUT2D eigenvalue weighted by atomic mass is 10.3. The molecule has 0 aliphatic heterocycles. The third kappa shape index (κ3) is 5.07. The second kappa shape index (κ2) is 6.77. The van der Waals surface area contributed by atoms with Crippen molar-refractivity contribution in [1.82, 2.24) is 9.97 Å². The van der Waals surface area contributed by atoms with E-state index in [0.29, 0.717) is 12.4 Å². The molecule has 0 saturated carbocycles. The SMILES string of the molecule is CCOCc1nc(Cl)cc(NCC(F)(F)CO)n1.